The zero-order chi connectivity index (χ0) is 100. The number of ether oxygens (including phenoxy) is 14. The lowest BCUT2D eigenvalue weighted by Crippen LogP contribution is -2.52. The molecule has 6 saturated heterocycles. The number of aromatic nitrogens is 10. The van der Waals surface area contributed by atoms with Crippen LogP contribution in [0.15, 0.2) is 81.8 Å². The van der Waals surface area contributed by atoms with E-state index in [1.807, 2.05) is 0 Å². The highest BCUT2D eigenvalue weighted by Crippen LogP contribution is 2.60. The van der Waals surface area contributed by atoms with Gasteiger partial charge in [0.15, 0.2) is 42.5 Å². The van der Waals surface area contributed by atoms with E-state index in [1.54, 1.807) is 13.8 Å². The first-order valence-electron chi connectivity index (χ1n) is 43.0. The van der Waals surface area contributed by atoms with Crippen molar-refractivity contribution >= 4 is 136 Å². The average molecular weight is 2140 g/mol. The van der Waals surface area contributed by atoms with Crippen LogP contribution in [0.25, 0.3) is 11.2 Å². The second-order valence-corrected chi connectivity index (χ2v) is 45.4. The molecule has 139 heavy (non-hydrogen) atoms. The number of aliphatic hydroxyl groups is 1. The molecule has 0 saturated carbocycles. The standard InChI is InChI=1S/C74H107N18O38P5S4/c1-10-39-42(21-48(121-39)88-23-36(4)65(95)86-73(88)99)127-132(103,136)116-25-43-41(20-40(120-43)38-19-34(2)64(94)85-67(38)97)126-133(104,137)118-28-46-52(56(112-16-12-108-7)70(124-46)91-32-82-49-60(76)78-30-80-62(49)91)128-131(101,102)115-27-45-53(57(113-17-13-109-8)69(123-45)90-24-37(5)66(96)87-74(90)100)129-135(106,139)119-29-47-54(58(114-18-14-110-9)71(125-47)92-33-83-50-61(77)79-31-81-63(50)92)130-134(105,138)117-26-44-51(93)55(111-15-11-107-6)68(122-44)89-22-35(3)59(75)84-72(89)98/h19,22-24,30-33,38-48,50-58,63,68-71,93H,10-18,20-21,25-29H2,1-9H3,(H,101,102)(H,103,136)(H,104,137)(H,105,138)(H,106,139)(H2,75,84,98)(H2,76,78,80)(H2,77,79,81)(H,85,94,97)(H,86,95,99)(H,87,96,100)/t38?,39-,40-,41?,42?,43-,44-,45-,46-,47-,48-,50?,51?,52?,53?,54?,55+,56+,57+,58+,63?,68-,69-,70-,71-,132?,133?,134?,135?/m1/s1. The van der Waals surface area contributed by atoms with E-state index in [0.717, 1.165) is 26.2 Å². The topological polar surface area (TPSA) is 710 Å². The lowest BCUT2D eigenvalue weighted by Gasteiger charge is -2.34. The van der Waals surface area contributed by atoms with Crippen molar-refractivity contribution < 1.29 is 155 Å². The van der Waals surface area contributed by atoms with Gasteiger partial charge in [0.05, 0.1) is 129 Å². The third-order valence-electron chi connectivity index (χ3n) is 23.4. The Labute approximate surface area is 809 Å². The summed E-state index contributed by atoms with van der Waals surface area (Å²) in [6, 6.07) is -0.867. The largest absolute Gasteiger partial charge is 0.472 e. The van der Waals surface area contributed by atoms with Crippen molar-refractivity contribution in [3.8, 4) is 0 Å². The third-order valence-corrected chi connectivity index (χ3v) is 30.7. The Kier molecular flexibility index (Phi) is 36.2. The number of rotatable bonds is 48. The molecule has 14 heterocycles. The zero-order valence-electron chi connectivity index (χ0n) is 75.6. The number of nitrogens with two attached hydrogens (primary N) is 3. The molecule has 5 aromatic heterocycles. The first kappa shape index (κ1) is 108. The van der Waals surface area contributed by atoms with Crippen molar-refractivity contribution in [3.63, 3.8) is 0 Å². The number of phosphoric acid groups is 1. The molecule has 0 spiro atoms. The van der Waals surface area contributed by atoms with E-state index in [-0.39, 0.29) is 117 Å². The van der Waals surface area contributed by atoms with Gasteiger partial charge >= 0.3 is 51.8 Å². The molecule has 65 heteroatoms. The molecule has 0 bridgehead atoms. The van der Waals surface area contributed by atoms with Gasteiger partial charge in [-0.2, -0.15) is 4.98 Å². The van der Waals surface area contributed by atoms with Gasteiger partial charge in [-0.15, -0.1) is 0 Å². The fourth-order valence-corrected chi connectivity index (χ4v) is 23.4. The maximum atomic E-state index is 15.4. The highest BCUT2D eigenvalue weighted by atomic mass is 32.7. The maximum Gasteiger partial charge on any atom is 0.472 e. The minimum Gasteiger partial charge on any atom is -0.387 e. The van der Waals surface area contributed by atoms with Gasteiger partial charge in [-0.3, -0.25) is 84.9 Å². The van der Waals surface area contributed by atoms with Gasteiger partial charge in [-0.05, 0) is 69.5 Å². The molecule has 6 fully saturated rings. The van der Waals surface area contributed by atoms with Crippen LogP contribution in [0, 0.1) is 26.7 Å². The minimum atomic E-state index is -5.82. The van der Waals surface area contributed by atoms with Gasteiger partial charge in [0, 0.05) is 82.1 Å². The van der Waals surface area contributed by atoms with E-state index in [0.29, 0.717) is 5.56 Å². The number of aliphatic hydroxyl groups excluding tert-OH is 1. The number of aryl methyl sites for hydroxylation is 3. The fourth-order valence-electron chi connectivity index (χ4n) is 16.5. The molecule has 14 rings (SSSR count). The Morgan fingerprint density at radius 3 is 1.64 bits per heavy atom. The summed E-state index contributed by atoms with van der Waals surface area (Å²) < 4.78 is 181. The molecule has 2 amide bonds. The predicted octanol–water partition coefficient (Wildman–Crippen LogP) is -1.51. The summed E-state index contributed by atoms with van der Waals surface area (Å²) in [6.45, 7) is -17.2. The van der Waals surface area contributed by atoms with E-state index >= 15 is 9.13 Å². The van der Waals surface area contributed by atoms with Crippen molar-refractivity contribution in [2.45, 2.75) is 201 Å². The number of methoxy groups -OCH3 is 4. The number of nitrogen functional groups attached to an aromatic ring is 2. The van der Waals surface area contributed by atoms with E-state index < -0.39 is 261 Å². The molecule has 0 radical (unpaired) electrons. The van der Waals surface area contributed by atoms with Gasteiger partial charge < -0.3 is 131 Å². The van der Waals surface area contributed by atoms with Crippen molar-refractivity contribution in [2.24, 2.45) is 26.6 Å². The van der Waals surface area contributed by atoms with Crippen LogP contribution in [0.5, 0.6) is 0 Å². The van der Waals surface area contributed by atoms with Gasteiger partial charge in [0.2, 0.25) is 5.91 Å². The first-order chi connectivity index (χ1) is 66.0. The van der Waals surface area contributed by atoms with Crippen LogP contribution >= 0.6 is 47.0 Å². The number of H-pyrrole nitrogens is 2. The monoisotopic (exact) mass is 2140 g/mol. The smallest absolute Gasteiger partial charge is 0.387 e. The van der Waals surface area contributed by atoms with E-state index in [9.17, 15) is 58.2 Å². The minimum absolute atomic E-state index is 0.0164. The number of carbonyl (C=O) groups excluding carboxylic acids is 2. The molecule has 56 nitrogen and oxygen atoms in total. The van der Waals surface area contributed by atoms with Crippen molar-refractivity contribution in [1.82, 2.24) is 58.4 Å². The van der Waals surface area contributed by atoms with Crippen LogP contribution in [-0.4, -0.2) is 345 Å². The number of imidazole rings is 1. The summed E-state index contributed by atoms with van der Waals surface area (Å²) in [7, 11) is -0.338. The second kappa shape index (κ2) is 46.5. The van der Waals surface area contributed by atoms with Crippen LogP contribution in [0.2, 0.25) is 0 Å². The van der Waals surface area contributed by atoms with Crippen molar-refractivity contribution in [2.75, 3.05) is 126 Å². The normalized spacial score (nSPS) is 32.4. The number of carbonyl (C=O) groups is 2. The molecule has 9 aliphatic rings. The van der Waals surface area contributed by atoms with Crippen LogP contribution in [0.3, 0.4) is 0 Å². The van der Waals surface area contributed by atoms with E-state index in [2.05, 4.69) is 62.4 Å². The molecule has 770 valence electrons. The number of nitrogens with one attached hydrogen (secondary N) is 3. The molecule has 9 aliphatic heterocycles. The molecule has 0 aromatic carbocycles. The quantitative estimate of drug-likeness (QED) is 0.00911. The Balaban J connectivity index is 0.736. The molecule has 5 aromatic rings. The zero-order valence-corrected chi connectivity index (χ0v) is 83.4. The Bertz CT molecular complexity index is 5950. The molecule has 30 atom stereocenters. The van der Waals surface area contributed by atoms with Crippen LogP contribution in [0.1, 0.15) is 74.7 Å². The van der Waals surface area contributed by atoms with Crippen LogP contribution in [-0.2, 0) is 166 Å². The molecular formula is C74H107N18O38P5S4. The number of thiol groups is 1. The first-order valence-corrected chi connectivity index (χ1v) is 54.9. The lowest BCUT2D eigenvalue weighted by molar-refractivity contribution is -0.134. The van der Waals surface area contributed by atoms with Gasteiger partial charge in [-0.1, -0.05) is 25.2 Å². The van der Waals surface area contributed by atoms with Gasteiger partial charge in [-0.25, -0.2) is 48.5 Å². The average Bonchev–Trinajstić information content (AvgIpc) is 1.82. The number of fused-ring (bicyclic) bond motifs is 2. The van der Waals surface area contributed by atoms with Crippen molar-refractivity contribution in [3.05, 3.63) is 112 Å². The SMILES string of the molecule is CC[C@H]1O[C@@H](n2cc(C)c(=O)[nH]c2=O)CC1OP(O)(=S)OC[C@H]1O[C@@H](C2C=C(C)C(=O)NC2=O)CC1OP(=O)(S)OC[C@H]1O[C@@H](n2cnc3c(N)ncnc32)[C@@H](OCCOC)C1OP(=O)(O)OC[C@H]1O[C@@H](n2cc(C)c(=O)[nH]c2=O)[C@@H](OCCOC)C1OP(O)(=S)OC[C@H]1O[C@@H](N2C=NC3C(N)=NC=NC32)[C@@H](OCCOC)C1OP(O)(=S)OC[C@H]1O[C@@H](n2cc(C)c(N)nc2=O)[C@@H](OCCOC)C1O. The summed E-state index contributed by atoms with van der Waals surface area (Å²) in [5.74, 6) is -2.75. The number of phosphoric ester groups is 1. The predicted molar refractivity (Wildman–Crippen MR) is 493 cm³/mol. The molecule has 0 aliphatic carbocycles. The second-order valence-electron chi connectivity index (χ2n) is 32.7. The lowest BCUT2D eigenvalue weighted by atomic mass is 9.93. The maximum absolute atomic E-state index is 15.4. The Morgan fingerprint density at radius 1 is 0.532 bits per heavy atom. The van der Waals surface area contributed by atoms with E-state index in [1.165, 1.54) is 96.2 Å². The Hall–Kier alpha value is -6.52. The third kappa shape index (κ3) is 25.8. The summed E-state index contributed by atoms with van der Waals surface area (Å²) in [6.07, 6.45) is -23.6. The molecular weight excluding hydrogens is 2030 g/mol. The summed E-state index contributed by atoms with van der Waals surface area (Å²) >= 11 is 21.5. The van der Waals surface area contributed by atoms with Crippen molar-refractivity contribution in [1.29, 1.82) is 0 Å². The number of amides is 2. The highest BCUT2D eigenvalue weighted by Gasteiger charge is 2.59. The number of hydrogen-bond acceptors (Lipinski definition) is 48. The highest BCUT2D eigenvalue weighted by molar-refractivity contribution is 8.44. The summed E-state index contributed by atoms with van der Waals surface area (Å²) in [4.78, 5) is 177. The number of amidine groups is 1. The molecule has 14 unspecified atom stereocenters. The number of imide groups is 1. The van der Waals surface area contributed by atoms with E-state index in [4.69, 9.17) is 164 Å². The number of anilines is 2. The number of hydrogen-bond donors (Lipinski definition) is 12. The molecule has 14 N–H and O–H groups in total. The van der Waals surface area contributed by atoms with Crippen LogP contribution < -0.4 is 50.7 Å². The summed E-state index contributed by atoms with van der Waals surface area (Å²) in [5, 5.41) is 14.1. The number of nitrogens with zero attached hydrogens (tertiary/aromatic N) is 12. The Morgan fingerprint density at radius 2 is 1.04 bits per heavy atom. The summed E-state index contributed by atoms with van der Waals surface area (Å²) in [5.41, 5.74) is 15.1. The van der Waals surface area contributed by atoms with Gasteiger partial charge in [0.1, 0.15) is 121 Å². The van der Waals surface area contributed by atoms with Gasteiger partial charge in [0.25, 0.3) is 17.0 Å². The van der Waals surface area contributed by atoms with Crippen LogP contribution in [0.4, 0.5) is 11.6 Å². The number of aliphatic imine (C=N–C) groups is 3. The fraction of sp³-hybridized carbons (Fsp3) is 0.676. The number of aromatic amines is 2.